The van der Waals surface area contributed by atoms with Crippen LogP contribution in [0.15, 0.2) is 16.6 Å². The van der Waals surface area contributed by atoms with E-state index in [1.165, 1.54) is 11.1 Å². The molecule has 1 nitrogen and oxygen atoms in total. The first-order valence-corrected chi connectivity index (χ1v) is 5.82. The Morgan fingerprint density at radius 2 is 2.14 bits per heavy atom. The maximum atomic E-state index is 5.34. The van der Waals surface area contributed by atoms with Crippen molar-refractivity contribution in [2.45, 2.75) is 19.3 Å². The minimum absolute atomic E-state index is 0.897. The Bertz CT molecular complexity index is 387. The van der Waals surface area contributed by atoms with Gasteiger partial charge in [-0.1, -0.05) is 12.2 Å². The van der Waals surface area contributed by atoms with Gasteiger partial charge in [0.1, 0.15) is 5.75 Å². The summed E-state index contributed by atoms with van der Waals surface area (Å²) in [6, 6.07) is 4.04. The third-order valence-corrected chi connectivity index (χ3v) is 3.85. The molecule has 0 bridgehead atoms. The number of thiocarbonyl (C=S) groups is 1. The van der Waals surface area contributed by atoms with E-state index in [1.807, 2.05) is 6.07 Å². The van der Waals surface area contributed by atoms with Gasteiger partial charge >= 0.3 is 0 Å². The van der Waals surface area contributed by atoms with Crippen LogP contribution < -0.4 is 4.74 Å². The van der Waals surface area contributed by atoms with E-state index in [4.69, 9.17) is 17.0 Å². The molecule has 0 N–H and O–H groups in total. The standard InChI is InChI=1S/C11H11BrOS/c1-13-9-6-5-7-8(11(9)12)3-2-4-10(7)14/h5-6H,2-4H2,1H3. The highest BCUT2D eigenvalue weighted by Gasteiger charge is 2.18. The van der Waals surface area contributed by atoms with Crippen molar-refractivity contribution < 1.29 is 4.74 Å². The van der Waals surface area contributed by atoms with E-state index < -0.39 is 0 Å². The molecule has 0 saturated heterocycles. The van der Waals surface area contributed by atoms with Gasteiger partial charge in [-0.05, 0) is 58.5 Å². The van der Waals surface area contributed by atoms with Crippen LogP contribution in [0.1, 0.15) is 24.0 Å². The third-order valence-electron chi connectivity index (χ3n) is 2.56. The summed E-state index contributed by atoms with van der Waals surface area (Å²) < 4.78 is 6.33. The van der Waals surface area contributed by atoms with Crippen molar-refractivity contribution in [3.05, 3.63) is 27.7 Å². The van der Waals surface area contributed by atoms with E-state index in [2.05, 4.69) is 22.0 Å². The molecule has 1 aromatic rings. The molecule has 0 atom stereocenters. The first kappa shape index (κ1) is 10.1. The Hall–Kier alpha value is -0.410. The predicted molar refractivity (Wildman–Crippen MR) is 65.3 cm³/mol. The molecule has 0 saturated carbocycles. The first-order chi connectivity index (χ1) is 6.74. The molecule has 1 aromatic carbocycles. The van der Waals surface area contributed by atoms with Crippen molar-refractivity contribution in [1.29, 1.82) is 0 Å². The predicted octanol–water partition coefficient (Wildman–Crippen LogP) is 3.51. The molecule has 2 rings (SSSR count). The number of rotatable bonds is 1. The van der Waals surface area contributed by atoms with Gasteiger partial charge in [-0.2, -0.15) is 0 Å². The second kappa shape index (κ2) is 3.99. The summed E-state index contributed by atoms with van der Waals surface area (Å²) in [6.07, 6.45) is 3.28. The summed E-state index contributed by atoms with van der Waals surface area (Å²) in [7, 11) is 1.69. The molecule has 1 aliphatic rings. The average molecular weight is 271 g/mol. The molecule has 0 aliphatic heterocycles. The Balaban J connectivity index is 2.57. The fourth-order valence-corrected chi connectivity index (χ4v) is 2.86. The number of ether oxygens (including phenoxy) is 1. The number of hydrogen-bond donors (Lipinski definition) is 0. The number of fused-ring (bicyclic) bond motifs is 1. The summed E-state index contributed by atoms with van der Waals surface area (Å²) in [5.41, 5.74) is 2.53. The van der Waals surface area contributed by atoms with Crippen molar-refractivity contribution in [2.24, 2.45) is 0 Å². The molecule has 0 unspecified atom stereocenters. The lowest BCUT2D eigenvalue weighted by Crippen LogP contribution is -2.10. The van der Waals surface area contributed by atoms with E-state index in [0.717, 1.165) is 34.3 Å². The number of hydrogen-bond acceptors (Lipinski definition) is 2. The number of halogens is 1. The largest absolute Gasteiger partial charge is 0.496 e. The zero-order chi connectivity index (χ0) is 10.1. The van der Waals surface area contributed by atoms with Gasteiger partial charge < -0.3 is 4.74 Å². The molecular weight excluding hydrogens is 260 g/mol. The van der Waals surface area contributed by atoms with Gasteiger partial charge in [0.2, 0.25) is 0 Å². The molecular formula is C11H11BrOS. The van der Waals surface area contributed by atoms with Crippen LogP contribution in [0.25, 0.3) is 0 Å². The Morgan fingerprint density at radius 1 is 1.36 bits per heavy atom. The van der Waals surface area contributed by atoms with Crippen LogP contribution in [-0.4, -0.2) is 12.0 Å². The summed E-state index contributed by atoms with van der Waals surface area (Å²) in [6.45, 7) is 0. The highest BCUT2D eigenvalue weighted by molar-refractivity contribution is 9.10. The third kappa shape index (κ3) is 1.59. The second-order valence-electron chi connectivity index (χ2n) is 3.38. The lowest BCUT2D eigenvalue weighted by molar-refractivity contribution is 0.411. The number of methoxy groups -OCH3 is 1. The van der Waals surface area contributed by atoms with Gasteiger partial charge in [-0.15, -0.1) is 0 Å². The molecule has 3 heteroatoms. The first-order valence-electron chi connectivity index (χ1n) is 4.62. The molecule has 14 heavy (non-hydrogen) atoms. The minimum atomic E-state index is 0.897. The van der Waals surface area contributed by atoms with Crippen molar-refractivity contribution in [1.82, 2.24) is 0 Å². The van der Waals surface area contributed by atoms with E-state index in [0.29, 0.717) is 0 Å². The Labute approximate surface area is 97.6 Å². The maximum Gasteiger partial charge on any atom is 0.133 e. The molecule has 0 aromatic heterocycles. The zero-order valence-corrected chi connectivity index (χ0v) is 10.4. The van der Waals surface area contributed by atoms with Crippen molar-refractivity contribution in [3.63, 3.8) is 0 Å². The van der Waals surface area contributed by atoms with Crippen molar-refractivity contribution >= 4 is 33.0 Å². The van der Waals surface area contributed by atoms with Crippen LogP contribution in [-0.2, 0) is 6.42 Å². The summed E-state index contributed by atoms with van der Waals surface area (Å²) in [5.74, 6) is 0.897. The lowest BCUT2D eigenvalue weighted by Gasteiger charge is -2.19. The van der Waals surface area contributed by atoms with Crippen LogP contribution in [0.3, 0.4) is 0 Å². The van der Waals surface area contributed by atoms with E-state index in [1.54, 1.807) is 7.11 Å². The summed E-state index contributed by atoms with van der Waals surface area (Å²) in [5, 5.41) is 0. The number of benzene rings is 1. The smallest absolute Gasteiger partial charge is 0.133 e. The van der Waals surface area contributed by atoms with Gasteiger partial charge in [0.25, 0.3) is 0 Å². The summed E-state index contributed by atoms with van der Waals surface area (Å²) >= 11 is 8.91. The van der Waals surface area contributed by atoms with Crippen LogP contribution in [0.5, 0.6) is 5.75 Å². The molecule has 74 valence electrons. The molecule has 0 radical (unpaired) electrons. The van der Waals surface area contributed by atoms with Crippen LogP contribution >= 0.6 is 28.1 Å². The van der Waals surface area contributed by atoms with Gasteiger partial charge in [-0.25, -0.2) is 0 Å². The Kier molecular flexibility index (Phi) is 2.88. The van der Waals surface area contributed by atoms with E-state index >= 15 is 0 Å². The zero-order valence-electron chi connectivity index (χ0n) is 7.97. The van der Waals surface area contributed by atoms with E-state index in [9.17, 15) is 0 Å². The minimum Gasteiger partial charge on any atom is -0.496 e. The topological polar surface area (TPSA) is 9.23 Å². The lowest BCUT2D eigenvalue weighted by atomic mass is 9.91. The van der Waals surface area contributed by atoms with Crippen molar-refractivity contribution in [3.8, 4) is 5.75 Å². The highest BCUT2D eigenvalue weighted by Crippen LogP contribution is 2.35. The highest BCUT2D eigenvalue weighted by atomic mass is 79.9. The van der Waals surface area contributed by atoms with E-state index in [-0.39, 0.29) is 0 Å². The van der Waals surface area contributed by atoms with Gasteiger partial charge in [-0.3, -0.25) is 0 Å². The second-order valence-corrected chi connectivity index (χ2v) is 4.67. The van der Waals surface area contributed by atoms with Gasteiger partial charge in [0.15, 0.2) is 0 Å². The quantitative estimate of drug-likeness (QED) is 0.723. The summed E-state index contributed by atoms with van der Waals surface area (Å²) in [4.78, 5) is 1.08. The monoisotopic (exact) mass is 270 g/mol. The van der Waals surface area contributed by atoms with Gasteiger partial charge in [0, 0.05) is 4.86 Å². The molecule has 0 heterocycles. The molecule has 0 spiro atoms. The van der Waals surface area contributed by atoms with Crippen LogP contribution in [0.2, 0.25) is 0 Å². The van der Waals surface area contributed by atoms with Gasteiger partial charge in [0.05, 0.1) is 11.6 Å². The fourth-order valence-electron chi connectivity index (χ4n) is 1.82. The fraction of sp³-hybridized carbons (Fsp3) is 0.364. The molecule has 1 aliphatic carbocycles. The molecule has 0 amide bonds. The average Bonchev–Trinajstić information content (AvgIpc) is 2.20. The maximum absolute atomic E-state index is 5.34. The van der Waals surface area contributed by atoms with Crippen LogP contribution in [0.4, 0.5) is 0 Å². The Morgan fingerprint density at radius 3 is 2.86 bits per heavy atom. The molecule has 0 fully saturated rings. The van der Waals surface area contributed by atoms with Crippen LogP contribution in [0, 0.1) is 0 Å². The normalized spacial score (nSPS) is 15.1. The SMILES string of the molecule is COc1ccc2c(c1Br)CCCC2=S. The van der Waals surface area contributed by atoms with Crippen molar-refractivity contribution in [2.75, 3.05) is 7.11 Å².